The third-order valence-electron chi connectivity index (χ3n) is 5.92. The van der Waals surface area contributed by atoms with E-state index >= 15 is 0 Å². The Balaban J connectivity index is 1.77. The number of furan rings is 2. The van der Waals surface area contributed by atoms with Gasteiger partial charge in [0.05, 0.1) is 18.2 Å². The van der Waals surface area contributed by atoms with Crippen molar-refractivity contribution in [3.63, 3.8) is 0 Å². The van der Waals surface area contributed by atoms with Crippen LogP contribution in [0.25, 0.3) is 33.6 Å². The Kier molecular flexibility index (Phi) is 3.84. The van der Waals surface area contributed by atoms with Crippen molar-refractivity contribution in [2.24, 2.45) is 5.41 Å². The van der Waals surface area contributed by atoms with E-state index in [-0.39, 0.29) is 17.0 Å². The van der Waals surface area contributed by atoms with Gasteiger partial charge in [-0.05, 0) is 29.5 Å². The average Bonchev–Trinajstić information content (AvgIpc) is 3.33. The van der Waals surface area contributed by atoms with Crippen molar-refractivity contribution in [3.8, 4) is 22.6 Å². The van der Waals surface area contributed by atoms with Crippen LogP contribution in [0.3, 0.4) is 0 Å². The lowest BCUT2D eigenvalue weighted by Crippen LogP contribution is -2.32. The Morgan fingerprint density at radius 1 is 1.17 bits per heavy atom. The van der Waals surface area contributed by atoms with Crippen molar-refractivity contribution in [3.05, 3.63) is 70.4 Å². The van der Waals surface area contributed by atoms with Crippen molar-refractivity contribution in [2.45, 2.75) is 33.2 Å². The number of aromatic nitrogens is 1. The van der Waals surface area contributed by atoms with Crippen LogP contribution in [0.15, 0.2) is 62.7 Å². The van der Waals surface area contributed by atoms with E-state index in [9.17, 15) is 14.7 Å². The van der Waals surface area contributed by atoms with Crippen LogP contribution in [0.4, 0.5) is 0 Å². The van der Waals surface area contributed by atoms with Crippen LogP contribution in [-0.4, -0.2) is 15.6 Å². The SMILES string of the molecule is CC(C)(C)[C@@H]1Cc2c(oc3cc(-c4ccoc4)ccc23)-c2cc(=O)c(C(=O)O)cn21. The first kappa shape index (κ1) is 18.5. The molecule has 0 radical (unpaired) electrons. The average molecular weight is 403 g/mol. The second kappa shape index (κ2) is 6.23. The van der Waals surface area contributed by atoms with Crippen LogP contribution >= 0.6 is 0 Å². The maximum absolute atomic E-state index is 12.5. The van der Waals surface area contributed by atoms with Crippen molar-refractivity contribution < 1.29 is 18.7 Å². The maximum atomic E-state index is 12.5. The summed E-state index contributed by atoms with van der Waals surface area (Å²) in [6, 6.07) is 9.30. The minimum Gasteiger partial charge on any atom is -0.477 e. The largest absolute Gasteiger partial charge is 0.477 e. The van der Waals surface area contributed by atoms with Gasteiger partial charge in [-0.15, -0.1) is 0 Å². The van der Waals surface area contributed by atoms with Crippen LogP contribution in [0.5, 0.6) is 0 Å². The quantitative estimate of drug-likeness (QED) is 0.487. The molecule has 4 aromatic rings. The normalized spacial score (nSPS) is 15.8. The molecule has 0 fully saturated rings. The van der Waals surface area contributed by atoms with Crippen molar-refractivity contribution in [1.29, 1.82) is 0 Å². The van der Waals surface area contributed by atoms with Gasteiger partial charge < -0.3 is 18.5 Å². The Morgan fingerprint density at radius 3 is 2.63 bits per heavy atom. The highest BCUT2D eigenvalue weighted by Crippen LogP contribution is 2.46. The number of carboxylic acid groups (broad SMARTS) is 1. The fourth-order valence-corrected chi connectivity index (χ4v) is 4.33. The molecule has 0 spiro atoms. The number of hydrogen-bond donors (Lipinski definition) is 1. The maximum Gasteiger partial charge on any atom is 0.341 e. The highest BCUT2D eigenvalue weighted by atomic mass is 16.4. The predicted octanol–water partition coefficient (Wildman–Crippen LogP) is 5.36. The molecule has 6 heteroatoms. The Hall–Kier alpha value is -3.54. The number of pyridine rings is 1. The number of rotatable bonds is 2. The molecular weight excluding hydrogens is 382 g/mol. The number of hydrogen-bond acceptors (Lipinski definition) is 4. The highest BCUT2D eigenvalue weighted by molar-refractivity contribution is 5.92. The molecule has 1 atom stereocenters. The van der Waals surface area contributed by atoms with Crippen LogP contribution in [0.2, 0.25) is 0 Å². The highest BCUT2D eigenvalue weighted by Gasteiger charge is 2.36. The molecule has 0 unspecified atom stereocenters. The van der Waals surface area contributed by atoms with Crippen molar-refractivity contribution in [1.82, 2.24) is 4.57 Å². The molecule has 5 rings (SSSR count). The molecule has 0 saturated heterocycles. The summed E-state index contributed by atoms with van der Waals surface area (Å²) in [5.74, 6) is -0.591. The Labute approximate surface area is 172 Å². The van der Waals surface area contributed by atoms with Crippen molar-refractivity contribution >= 4 is 16.9 Å². The topological polar surface area (TPSA) is 85.6 Å². The molecular formula is C24H21NO5. The van der Waals surface area contributed by atoms with E-state index in [1.165, 1.54) is 12.3 Å². The summed E-state index contributed by atoms with van der Waals surface area (Å²) in [5.41, 5.74) is 3.43. The minimum absolute atomic E-state index is 0.0203. The molecule has 1 N–H and O–H groups in total. The smallest absolute Gasteiger partial charge is 0.341 e. The number of carbonyl (C=O) groups is 1. The molecule has 1 aromatic carbocycles. The summed E-state index contributed by atoms with van der Waals surface area (Å²) in [6.07, 6.45) is 5.46. The van der Waals surface area contributed by atoms with E-state index in [0.717, 1.165) is 27.7 Å². The molecule has 0 aliphatic carbocycles. The molecule has 1 aliphatic heterocycles. The van der Waals surface area contributed by atoms with Gasteiger partial charge in [-0.25, -0.2) is 4.79 Å². The summed E-state index contributed by atoms with van der Waals surface area (Å²) < 4.78 is 13.3. The van der Waals surface area contributed by atoms with E-state index in [4.69, 9.17) is 8.83 Å². The first-order valence-electron chi connectivity index (χ1n) is 9.82. The first-order valence-corrected chi connectivity index (χ1v) is 9.82. The molecule has 0 amide bonds. The lowest BCUT2D eigenvalue weighted by Gasteiger charge is -2.37. The van der Waals surface area contributed by atoms with Gasteiger partial charge in [0.25, 0.3) is 0 Å². The zero-order valence-electron chi connectivity index (χ0n) is 16.9. The number of carboxylic acids is 1. The van der Waals surface area contributed by atoms with Gasteiger partial charge in [0.1, 0.15) is 11.1 Å². The standard InChI is InChI=1S/C24H21NO5/c1-24(2,3)21-9-16-15-5-4-13(14-6-7-29-12-14)8-20(15)30-22(16)18-10-19(26)17(23(27)28)11-25(18)21/h4-8,10-12,21H,9H2,1-3H3,(H,27,28)/t21-/m0/s1. The molecule has 152 valence electrons. The number of nitrogens with zero attached hydrogens (tertiary/aromatic N) is 1. The monoisotopic (exact) mass is 403 g/mol. The van der Waals surface area contributed by atoms with Gasteiger partial charge >= 0.3 is 5.97 Å². The fourth-order valence-electron chi connectivity index (χ4n) is 4.33. The lowest BCUT2D eigenvalue weighted by molar-refractivity contribution is 0.0693. The van der Waals surface area contributed by atoms with E-state index < -0.39 is 11.4 Å². The summed E-state index contributed by atoms with van der Waals surface area (Å²) in [5, 5.41) is 10.4. The summed E-state index contributed by atoms with van der Waals surface area (Å²) in [4.78, 5) is 24.0. The van der Waals surface area contributed by atoms with E-state index in [1.54, 1.807) is 12.5 Å². The van der Waals surface area contributed by atoms with Gasteiger partial charge in [0, 0.05) is 34.8 Å². The summed E-state index contributed by atoms with van der Waals surface area (Å²) in [7, 11) is 0. The molecule has 0 saturated carbocycles. The van der Waals surface area contributed by atoms with Crippen LogP contribution < -0.4 is 5.43 Å². The lowest BCUT2D eigenvalue weighted by atomic mass is 9.79. The van der Waals surface area contributed by atoms with Gasteiger partial charge in [-0.2, -0.15) is 0 Å². The molecule has 4 heterocycles. The predicted molar refractivity (Wildman–Crippen MR) is 113 cm³/mol. The van der Waals surface area contributed by atoms with Crippen LogP contribution in [0.1, 0.15) is 42.7 Å². The van der Waals surface area contributed by atoms with Gasteiger partial charge in [-0.3, -0.25) is 4.79 Å². The zero-order chi connectivity index (χ0) is 21.2. The van der Waals surface area contributed by atoms with E-state index in [1.807, 2.05) is 28.8 Å². The van der Waals surface area contributed by atoms with Crippen LogP contribution in [-0.2, 0) is 6.42 Å². The van der Waals surface area contributed by atoms with Gasteiger partial charge in [-0.1, -0.05) is 32.9 Å². The molecule has 30 heavy (non-hydrogen) atoms. The Bertz CT molecular complexity index is 1350. The molecule has 1 aliphatic rings. The zero-order valence-corrected chi connectivity index (χ0v) is 16.9. The molecule has 6 nitrogen and oxygen atoms in total. The number of fused-ring (bicyclic) bond motifs is 5. The summed E-state index contributed by atoms with van der Waals surface area (Å²) in [6.45, 7) is 6.35. The van der Waals surface area contributed by atoms with Gasteiger partial charge in [0.2, 0.25) is 0 Å². The fraction of sp³-hybridized carbons (Fsp3) is 0.250. The minimum atomic E-state index is -1.22. The Morgan fingerprint density at radius 2 is 1.97 bits per heavy atom. The first-order chi connectivity index (χ1) is 14.2. The van der Waals surface area contributed by atoms with Crippen LogP contribution in [0, 0.1) is 5.41 Å². The van der Waals surface area contributed by atoms with E-state index in [2.05, 4.69) is 20.8 Å². The van der Waals surface area contributed by atoms with Gasteiger partial charge in [0.15, 0.2) is 11.2 Å². The second-order valence-electron chi connectivity index (χ2n) is 8.87. The second-order valence-corrected chi connectivity index (χ2v) is 8.87. The number of benzene rings is 1. The third-order valence-corrected chi connectivity index (χ3v) is 5.92. The molecule has 0 bridgehead atoms. The summed E-state index contributed by atoms with van der Waals surface area (Å²) >= 11 is 0. The number of aromatic carboxylic acids is 1. The third kappa shape index (κ3) is 2.71. The molecule has 3 aromatic heterocycles. The van der Waals surface area contributed by atoms with Crippen molar-refractivity contribution in [2.75, 3.05) is 0 Å². The van der Waals surface area contributed by atoms with E-state index in [0.29, 0.717) is 17.9 Å².